The maximum atomic E-state index is 12.5. The SMILES string of the molecule is O=C1c2ccccc2CCC1C(O)c1ccccc1. The second-order valence-electron chi connectivity index (χ2n) is 5.02. The Morgan fingerprint density at radius 3 is 2.47 bits per heavy atom. The fraction of sp³-hybridized carbons (Fsp3) is 0.235. The first-order chi connectivity index (χ1) is 9.27. The van der Waals surface area contributed by atoms with Crippen LogP contribution in [0.25, 0.3) is 0 Å². The zero-order valence-corrected chi connectivity index (χ0v) is 10.6. The first-order valence-electron chi connectivity index (χ1n) is 6.62. The van der Waals surface area contributed by atoms with Gasteiger partial charge in [0.2, 0.25) is 0 Å². The van der Waals surface area contributed by atoms with E-state index in [4.69, 9.17) is 0 Å². The van der Waals surface area contributed by atoms with Crippen LogP contribution in [-0.4, -0.2) is 10.9 Å². The minimum atomic E-state index is -0.706. The highest BCUT2D eigenvalue weighted by molar-refractivity contribution is 6.00. The molecule has 19 heavy (non-hydrogen) atoms. The molecule has 1 N–H and O–H groups in total. The van der Waals surface area contributed by atoms with Gasteiger partial charge in [-0.25, -0.2) is 0 Å². The molecular formula is C17H16O2. The molecule has 0 saturated heterocycles. The molecule has 0 fully saturated rings. The van der Waals surface area contributed by atoms with Crippen molar-refractivity contribution >= 4 is 5.78 Å². The highest BCUT2D eigenvalue weighted by atomic mass is 16.3. The van der Waals surface area contributed by atoms with Crippen molar-refractivity contribution in [2.24, 2.45) is 5.92 Å². The van der Waals surface area contributed by atoms with Gasteiger partial charge in [0.25, 0.3) is 0 Å². The molecule has 96 valence electrons. The number of aliphatic hydroxyl groups excluding tert-OH is 1. The summed E-state index contributed by atoms with van der Waals surface area (Å²) in [7, 11) is 0. The predicted octanol–water partition coefficient (Wildman–Crippen LogP) is 3.17. The fourth-order valence-electron chi connectivity index (χ4n) is 2.80. The van der Waals surface area contributed by atoms with Crippen molar-refractivity contribution in [1.29, 1.82) is 0 Å². The first kappa shape index (κ1) is 12.1. The van der Waals surface area contributed by atoms with E-state index in [9.17, 15) is 9.90 Å². The highest BCUT2D eigenvalue weighted by Crippen LogP contribution is 2.33. The molecule has 2 aromatic rings. The smallest absolute Gasteiger partial charge is 0.169 e. The number of hydrogen-bond donors (Lipinski definition) is 1. The third-order valence-electron chi connectivity index (χ3n) is 3.87. The van der Waals surface area contributed by atoms with Crippen molar-refractivity contribution < 1.29 is 9.90 Å². The van der Waals surface area contributed by atoms with Gasteiger partial charge in [0.15, 0.2) is 5.78 Å². The number of rotatable bonds is 2. The highest BCUT2D eigenvalue weighted by Gasteiger charge is 2.32. The Morgan fingerprint density at radius 1 is 1.00 bits per heavy atom. The summed E-state index contributed by atoms with van der Waals surface area (Å²) in [5.74, 6) is -0.254. The Bertz CT molecular complexity index is 589. The number of hydrogen-bond acceptors (Lipinski definition) is 2. The van der Waals surface area contributed by atoms with E-state index >= 15 is 0 Å². The summed E-state index contributed by atoms with van der Waals surface area (Å²) in [5, 5.41) is 10.4. The van der Waals surface area contributed by atoms with Crippen LogP contribution in [0.4, 0.5) is 0 Å². The van der Waals surface area contributed by atoms with E-state index in [1.165, 1.54) is 0 Å². The second-order valence-corrected chi connectivity index (χ2v) is 5.02. The van der Waals surface area contributed by atoms with E-state index in [2.05, 4.69) is 0 Å². The maximum Gasteiger partial charge on any atom is 0.169 e. The number of aryl methyl sites for hydroxylation is 1. The molecule has 0 spiro atoms. The Labute approximate surface area is 112 Å². The quantitative estimate of drug-likeness (QED) is 0.891. The lowest BCUT2D eigenvalue weighted by Crippen LogP contribution is -2.28. The summed E-state index contributed by atoms with van der Waals surface area (Å²) in [6.07, 6.45) is 0.865. The van der Waals surface area contributed by atoms with E-state index in [1.54, 1.807) is 0 Å². The van der Waals surface area contributed by atoms with Gasteiger partial charge in [0.05, 0.1) is 12.0 Å². The van der Waals surface area contributed by atoms with Crippen LogP contribution in [0.3, 0.4) is 0 Å². The van der Waals surface area contributed by atoms with Gasteiger partial charge in [-0.3, -0.25) is 4.79 Å². The number of Topliss-reactive ketones (excluding diaryl/α,β-unsaturated/α-hetero) is 1. The van der Waals surface area contributed by atoms with E-state index in [0.29, 0.717) is 6.42 Å². The fourth-order valence-corrected chi connectivity index (χ4v) is 2.80. The molecule has 2 aromatic carbocycles. The number of carbonyl (C=O) groups excluding carboxylic acids is 1. The van der Waals surface area contributed by atoms with Crippen molar-refractivity contribution in [3.8, 4) is 0 Å². The first-order valence-corrected chi connectivity index (χ1v) is 6.62. The van der Waals surface area contributed by atoms with Crippen LogP contribution >= 0.6 is 0 Å². The van der Waals surface area contributed by atoms with Gasteiger partial charge < -0.3 is 5.11 Å². The molecule has 0 amide bonds. The van der Waals surface area contributed by atoms with Crippen LogP contribution < -0.4 is 0 Å². The molecule has 2 heteroatoms. The lowest BCUT2D eigenvalue weighted by molar-refractivity contribution is 0.0638. The molecule has 0 aromatic heterocycles. The van der Waals surface area contributed by atoms with Gasteiger partial charge in [0.1, 0.15) is 0 Å². The predicted molar refractivity (Wildman–Crippen MR) is 74.0 cm³/mol. The topological polar surface area (TPSA) is 37.3 Å². The van der Waals surface area contributed by atoms with Crippen molar-refractivity contribution in [1.82, 2.24) is 0 Å². The van der Waals surface area contributed by atoms with Crippen molar-refractivity contribution in [2.45, 2.75) is 18.9 Å². The monoisotopic (exact) mass is 252 g/mol. The normalized spacial score (nSPS) is 19.8. The van der Waals surface area contributed by atoms with Crippen LogP contribution in [0.5, 0.6) is 0 Å². The molecule has 0 aliphatic heterocycles. The van der Waals surface area contributed by atoms with Gasteiger partial charge in [-0.05, 0) is 24.0 Å². The van der Waals surface area contributed by atoms with Gasteiger partial charge in [-0.2, -0.15) is 0 Å². The Kier molecular flexibility index (Phi) is 3.18. The summed E-state index contributed by atoms with van der Waals surface area (Å²) >= 11 is 0. The van der Waals surface area contributed by atoms with Gasteiger partial charge in [-0.15, -0.1) is 0 Å². The molecule has 3 rings (SSSR count). The van der Waals surface area contributed by atoms with Crippen LogP contribution in [0, 0.1) is 5.92 Å². The number of ketones is 1. The van der Waals surface area contributed by atoms with E-state index in [-0.39, 0.29) is 11.7 Å². The third-order valence-corrected chi connectivity index (χ3v) is 3.87. The minimum absolute atomic E-state index is 0.0678. The molecule has 0 radical (unpaired) electrons. The molecule has 1 aliphatic rings. The molecule has 2 nitrogen and oxygen atoms in total. The van der Waals surface area contributed by atoms with Crippen molar-refractivity contribution in [3.05, 3.63) is 71.3 Å². The minimum Gasteiger partial charge on any atom is -0.388 e. The van der Waals surface area contributed by atoms with Crippen LogP contribution in [0.1, 0.15) is 34.0 Å². The standard InChI is InChI=1S/C17H16O2/c18-16(13-7-2-1-3-8-13)15-11-10-12-6-4-5-9-14(12)17(15)19/h1-9,15-16,18H,10-11H2. The third kappa shape index (κ3) is 2.20. The molecule has 0 bridgehead atoms. The zero-order valence-electron chi connectivity index (χ0n) is 10.6. The summed E-state index contributed by atoms with van der Waals surface area (Å²) < 4.78 is 0. The summed E-state index contributed by atoms with van der Waals surface area (Å²) in [6, 6.07) is 17.1. The van der Waals surface area contributed by atoms with E-state index in [0.717, 1.165) is 23.1 Å². The zero-order chi connectivity index (χ0) is 13.2. The maximum absolute atomic E-state index is 12.5. The summed E-state index contributed by atoms with van der Waals surface area (Å²) in [5.41, 5.74) is 2.69. The van der Waals surface area contributed by atoms with E-state index in [1.807, 2.05) is 54.6 Å². The average Bonchev–Trinajstić information content (AvgIpc) is 2.48. The van der Waals surface area contributed by atoms with Gasteiger partial charge in [0, 0.05) is 5.56 Å². The Balaban J connectivity index is 1.90. The average molecular weight is 252 g/mol. The molecule has 1 aliphatic carbocycles. The molecular weight excluding hydrogens is 236 g/mol. The second kappa shape index (κ2) is 4.98. The number of fused-ring (bicyclic) bond motifs is 1. The summed E-state index contributed by atoms with van der Waals surface area (Å²) in [6.45, 7) is 0. The van der Waals surface area contributed by atoms with Crippen LogP contribution in [0.15, 0.2) is 54.6 Å². The van der Waals surface area contributed by atoms with Crippen molar-refractivity contribution in [3.63, 3.8) is 0 Å². The van der Waals surface area contributed by atoms with Gasteiger partial charge in [-0.1, -0.05) is 54.6 Å². The Hall–Kier alpha value is -1.93. The molecule has 2 unspecified atom stereocenters. The van der Waals surface area contributed by atoms with Crippen LogP contribution in [-0.2, 0) is 6.42 Å². The van der Waals surface area contributed by atoms with Crippen LogP contribution in [0.2, 0.25) is 0 Å². The lowest BCUT2D eigenvalue weighted by atomic mass is 9.78. The van der Waals surface area contributed by atoms with Gasteiger partial charge >= 0.3 is 0 Å². The number of benzene rings is 2. The van der Waals surface area contributed by atoms with Crippen molar-refractivity contribution in [2.75, 3.05) is 0 Å². The summed E-state index contributed by atoms with van der Waals surface area (Å²) in [4.78, 5) is 12.5. The molecule has 0 heterocycles. The molecule has 0 saturated carbocycles. The molecule has 2 atom stereocenters. The Morgan fingerprint density at radius 2 is 1.68 bits per heavy atom. The van der Waals surface area contributed by atoms with E-state index < -0.39 is 6.10 Å². The number of aliphatic hydroxyl groups is 1. The largest absolute Gasteiger partial charge is 0.388 e. The lowest BCUT2D eigenvalue weighted by Gasteiger charge is -2.27. The number of carbonyl (C=O) groups is 1.